The molecule has 0 aromatic carbocycles. The SMILES string of the molecule is COC(=O)c1c(NC(=O)C[NH+]2CC[NH+](Cc3ccco3)CC2)sc(C)c1C. The van der Waals surface area contributed by atoms with Crippen LogP contribution in [0.15, 0.2) is 22.8 Å². The normalized spacial score (nSPS) is 19.7. The van der Waals surface area contributed by atoms with Gasteiger partial charge in [-0.25, -0.2) is 4.79 Å². The third-order valence-corrected chi connectivity index (χ3v) is 6.23. The van der Waals surface area contributed by atoms with Crippen molar-refractivity contribution >= 4 is 28.2 Å². The van der Waals surface area contributed by atoms with E-state index in [1.807, 2.05) is 26.0 Å². The van der Waals surface area contributed by atoms with Crippen molar-refractivity contribution < 1.29 is 28.5 Å². The average molecular weight is 394 g/mol. The lowest BCUT2D eigenvalue weighted by Crippen LogP contribution is -3.28. The highest BCUT2D eigenvalue weighted by Gasteiger charge is 2.27. The molecule has 1 saturated heterocycles. The third-order valence-electron chi connectivity index (χ3n) is 5.11. The summed E-state index contributed by atoms with van der Waals surface area (Å²) in [4.78, 5) is 28.3. The summed E-state index contributed by atoms with van der Waals surface area (Å²) in [5, 5.41) is 3.50. The molecule has 0 unspecified atom stereocenters. The molecule has 3 heterocycles. The van der Waals surface area contributed by atoms with Crippen LogP contribution in [0.2, 0.25) is 0 Å². The molecule has 0 bridgehead atoms. The highest BCUT2D eigenvalue weighted by Crippen LogP contribution is 2.32. The molecule has 1 aliphatic rings. The van der Waals surface area contributed by atoms with E-state index < -0.39 is 5.97 Å². The fourth-order valence-corrected chi connectivity index (χ4v) is 4.50. The molecular formula is C19H27N3O4S+2. The third kappa shape index (κ3) is 4.77. The molecule has 146 valence electrons. The van der Waals surface area contributed by atoms with Crippen LogP contribution in [0.3, 0.4) is 0 Å². The van der Waals surface area contributed by atoms with Crippen molar-refractivity contribution in [2.24, 2.45) is 0 Å². The molecule has 1 amide bonds. The minimum absolute atomic E-state index is 0.0640. The Bertz CT molecular complexity index is 792. The fourth-order valence-electron chi connectivity index (χ4n) is 3.43. The van der Waals surface area contributed by atoms with E-state index in [0.717, 1.165) is 48.9 Å². The van der Waals surface area contributed by atoms with Crippen molar-refractivity contribution in [3.63, 3.8) is 0 Å². The van der Waals surface area contributed by atoms with Gasteiger partial charge in [0.2, 0.25) is 0 Å². The van der Waals surface area contributed by atoms with Crippen LogP contribution in [-0.4, -0.2) is 51.7 Å². The lowest BCUT2D eigenvalue weighted by atomic mass is 10.1. The van der Waals surface area contributed by atoms with Gasteiger partial charge in [0, 0.05) is 4.88 Å². The van der Waals surface area contributed by atoms with Gasteiger partial charge < -0.3 is 24.3 Å². The average Bonchev–Trinajstić information content (AvgIpc) is 3.24. The predicted molar refractivity (Wildman–Crippen MR) is 102 cm³/mol. The highest BCUT2D eigenvalue weighted by atomic mass is 32.1. The first-order valence-electron chi connectivity index (χ1n) is 9.15. The molecule has 0 spiro atoms. The summed E-state index contributed by atoms with van der Waals surface area (Å²) in [7, 11) is 1.36. The van der Waals surface area contributed by atoms with Gasteiger partial charge in [-0.3, -0.25) is 4.79 Å². The zero-order valence-electron chi connectivity index (χ0n) is 16.0. The fraction of sp³-hybridized carbons (Fsp3) is 0.474. The quantitative estimate of drug-likeness (QED) is 0.588. The Labute approximate surface area is 162 Å². The Hall–Kier alpha value is -2.16. The van der Waals surface area contributed by atoms with Crippen LogP contribution in [-0.2, 0) is 16.1 Å². The van der Waals surface area contributed by atoms with Gasteiger partial charge in [0.05, 0.1) is 18.9 Å². The molecule has 27 heavy (non-hydrogen) atoms. The number of ether oxygens (including phenoxy) is 1. The van der Waals surface area contributed by atoms with Crippen molar-refractivity contribution in [3.05, 3.63) is 40.2 Å². The maximum Gasteiger partial charge on any atom is 0.341 e. The van der Waals surface area contributed by atoms with Crippen LogP contribution in [0.5, 0.6) is 0 Å². The number of nitrogens with one attached hydrogen (secondary N) is 3. The Morgan fingerprint density at radius 1 is 1.22 bits per heavy atom. The van der Waals surface area contributed by atoms with E-state index >= 15 is 0 Å². The van der Waals surface area contributed by atoms with E-state index in [0.29, 0.717) is 17.1 Å². The highest BCUT2D eigenvalue weighted by molar-refractivity contribution is 7.16. The summed E-state index contributed by atoms with van der Waals surface area (Å²) >= 11 is 1.42. The predicted octanol–water partition coefficient (Wildman–Crippen LogP) is -0.333. The van der Waals surface area contributed by atoms with Crippen LogP contribution >= 0.6 is 11.3 Å². The molecule has 8 heteroatoms. The number of hydrogen-bond donors (Lipinski definition) is 3. The number of furan rings is 1. The summed E-state index contributed by atoms with van der Waals surface area (Å²) in [6.07, 6.45) is 1.71. The van der Waals surface area contributed by atoms with E-state index in [-0.39, 0.29) is 5.91 Å². The lowest BCUT2D eigenvalue weighted by Gasteiger charge is -2.28. The second kappa shape index (κ2) is 8.69. The second-order valence-corrected chi connectivity index (χ2v) is 8.18. The monoisotopic (exact) mass is 393 g/mol. The molecule has 0 radical (unpaired) electrons. The smallest absolute Gasteiger partial charge is 0.341 e. The molecule has 7 nitrogen and oxygen atoms in total. The molecule has 3 N–H and O–H groups in total. The van der Waals surface area contributed by atoms with Gasteiger partial charge in [-0.1, -0.05) is 0 Å². The summed E-state index contributed by atoms with van der Waals surface area (Å²) in [5.74, 6) is 0.533. The number of amides is 1. The number of rotatable bonds is 6. The summed E-state index contributed by atoms with van der Waals surface area (Å²) in [6, 6.07) is 3.92. The Morgan fingerprint density at radius 2 is 1.93 bits per heavy atom. The standard InChI is InChI=1S/C19H25N3O4S/c1-13-14(2)27-18(17(13)19(24)25-3)20-16(23)12-22-8-6-21(7-9-22)11-15-5-4-10-26-15/h4-5,10H,6-9,11-12H2,1-3H3,(H,20,23)/p+2. The Kier molecular flexibility index (Phi) is 6.30. The van der Waals surface area contributed by atoms with Crippen molar-refractivity contribution in [1.29, 1.82) is 0 Å². The summed E-state index contributed by atoms with van der Waals surface area (Å²) < 4.78 is 10.3. The first kappa shape index (κ1) is 19.6. The first-order chi connectivity index (χ1) is 13.0. The molecule has 2 aromatic rings. The molecule has 1 fully saturated rings. The lowest BCUT2D eigenvalue weighted by molar-refractivity contribution is -1.02. The number of quaternary nitrogens is 2. The number of anilines is 1. The molecule has 2 aromatic heterocycles. The van der Waals surface area contributed by atoms with Gasteiger partial charge in [-0.15, -0.1) is 11.3 Å². The van der Waals surface area contributed by atoms with Gasteiger partial charge in [0.15, 0.2) is 12.3 Å². The van der Waals surface area contributed by atoms with Crippen molar-refractivity contribution in [2.75, 3.05) is 45.2 Å². The Morgan fingerprint density at radius 3 is 2.56 bits per heavy atom. The van der Waals surface area contributed by atoms with E-state index in [4.69, 9.17) is 9.15 Å². The molecule has 0 saturated carbocycles. The van der Waals surface area contributed by atoms with Crippen LogP contribution in [0.4, 0.5) is 5.00 Å². The van der Waals surface area contributed by atoms with Gasteiger partial charge >= 0.3 is 5.97 Å². The van der Waals surface area contributed by atoms with Crippen molar-refractivity contribution in [1.82, 2.24) is 0 Å². The van der Waals surface area contributed by atoms with Gasteiger partial charge in [0.25, 0.3) is 5.91 Å². The maximum absolute atomic E-state index is 12.5. The van der Waals surface area contributed by atoms with E-state index in [9.17, 15) is 9.59 Å². The minimum atomic E-state index is -0.408. The van der Waals surface area contributed by atoms with Crippen LogP contribution in [0.1, 0.15) is 26.6 Å². The van der Waals surface area contributed by atoms with Crippen LogP contribution in [0.25, 0.3) is 0 Å². The Balaban J connectivity index is 1.52. The number of carbonyl (C=O) groups excluding carboxylic acids is 2. The topological polar surface area (TPSA) is 77.4 Å². The van der Waals surface area contributed by atoms with Crippen LogP contribution in [0, 0.1) is 13.8 Å². The molecule has 1 aliphatic heterocycles. The number of thiophene rings is 1. The van der Waals surface area contributed by atoms with Gasteiger partial charge in [-0.2, -0.15) is 0 Å². The van der Waals surface area contributed by atoms with E-state index in [1.165, 1.54) is 28.2 Å². The van der Waals surface area contributed by atoms with Gasteiger partial charge in [-0.05, 0) is 31.5 Å². The van der Waals surface area contributed by atoms with E-state index in [2.05, 4.69) is 5.32 Å². The molecular weight excluding hydrogens is 366 g/mol. The zero-order valence-corrected chi connectivity index (χ0v) is 16.8. The van der Waals surface area contributed by atoms with Crippen molar-refractivity contribution in [3.8, 4) is 0 Å². The number of piperazine rings is 1. The number of aryl methyl sites for hydroxylation is 1. The number of methoxy groups -OCH3 is 1. The van der Waals surface area contributed by atoms with Crippen molar-refractivity contribution in [2.45, 2.75) is 20.4 Å². The maximum atomic E-state index is 12.5. The number of hydrogen-bond acceptors (Lipinski definition) is 5. The van der Waals surface area contributed by atoms with Gasteiger partial charge in [0.1, 0.15) is 37.7 Å². The molecule has 0 aliphatic carbocycles. The molecule has 0 atom stereocenters. The number of esters is 1. The molecule has 3 rings (SSSR count). The number of carbonyl (C=O) groups is 2. The largest absolute Gasteiger partial charge is 0.465 e. The van der Waals surface area contributed by atoms with Crippen LogP contribution < -0.4 is 15.1 Å². The summed E-state index contributed by atoms with van der Waals surface area (Å²) in [5.41, 5.74) is 1.33. The first-order valence-corrected chi connectivity index (χ1v) is 9.97. The minimum Gasteiger partial charge on any atom is -0.465 e. The zero-order chi connectivity index (χ0) is 19.4. The second-order valence-electron chi connectivity index (χ2n) is 6.96. The van der Waals surface area contributed by atoms with E-state index in [1.54, 1.807) is 6.26 Å². The summed E-state index contributed by atoms with van der Waals surface area (Å²) in [6.45, 7) is 9.01.